The van der Waals surface area contributed by atoms with Crippen LogP contribution in [0.1, 0.15) is 22.8 Å². The van der Waals surface area contributed by atoms with E-state index in [-0.39, 0.29) is 5.91 Å². The van der Waals surface area contributed by atoms with Gasteiger partial charge in [-0.2, -0.15) is 5.10 Å². The van der Waals surface area contributed by atoms with Crippen LogP contribution in [0.25, 0.3) is 0 Å². The van der Waals surface area contributed by atoms with Crippen molar-refractivity contribution in [1.29, 1.82) is 0 Å². The van der Waals surface area contributed by atoms with Crippen molar-refractivity contribution in [2.75, 3.05) is 20.8 Å². The zero-order valence-electron chi connectivity index (χ0n) is 14.2. The second-order valence-corrected chi connectivity index (χ2v) is 6.05. The summed E-state index contributed by atoms with van der Waals surface area (Å²) in [5.74, 6) is 1.61. The number of benzene rings is 2. The van der Waals surface area contributed by atoms with Crippen LogP contribution in [0.5, 0.6) is 17.2 Å². The van der Waals surface area contributed by atoms with Crippen LogP contribution < -0.4 is 19.6 Å². The quantitative estimate of drug-likeness (QED) is 0.395. The maximum Gasteiger partial charge on any atom is 0.271 e. The molecule has 0 fully saturated rings. The first-order valence-corrected chi connectivity index (χ1v) is 8.64. The van der Waals surface area contributed by atoms with E-state index in [1.807, 2.05) is 19.1 Å². The van der Waals surface area contributed by atoms with Crippen LogP contribution in [0.15, 0.2) is 41.5 Å². The topological polar surface area (TPSA) is 69.2 Å². The normalized spacial score (nSPS) is 10.6. The Kier molecular flexibility index (Phi) is 7.05. The zero-order chi connectivity index (χ0) is 18.2. The molecule has 0 spiro atoms. The number of rotatable bonds is 7. The molecule has 0 saturated heterocycles. The van der Waals surface area contributed by atoms with Gasteiger partial charge in [-0.15, -0.1) is 0 Å². The fourth-order valence-corrected chi connectivity index (χ4v) is 2.63. The number of carbonyl (C=O) groups is 1. The third-order valence-corrected chi connectivity index (χ3v) is 4.17. The highest BCUT2D eigenvalue weighted by molar-refractivity contribution is 14.1. The predicted molar refractivity (Wildman–Crippen MR) is 105 cm³/mol. The summed E-state index contributed by atoms with van der Waals surface area (Å²) < 4.78 is 16.9. The third kappa shape index (κ3) is 5.09. The number of nitrogens with one attached hydrogen (secondary N) is 1. The second kappa shape index (κ2) is 9.26. The summed E-state index contributed by atoms with van der Waals surface area (Å²) in [4.78, 5) is 12.2. The van der Waals surface area contributed by atoms with Gasteiger partial charge in [0.05, 0.1) is 30.6 Å². The van der Waals surface area contributed by atoms with Gasteiger partial charge in [0.25, 0.3) is 5.91 Å². The van der Waals surface area contributed by atoms with Crippen LogP contribution in [0.4, 0.5) is 0 Å². The van der Waals surface area contributed by atoms with E-state index in [0.29, 0.717) is 29.4 Å². The van der Waals surface area contributed by atoms with Gasteiger partial charge in [-0.25, -0.2) is 5.43 Å². The number of halogens is 1. The number of hydrazone groups is 1. The van der Waals surface area contributed by atoms with Gasteiger partial charge in [-0.3, -0.25) is 4.79 Å². The molecule has 7 heteroatoms. The molecule has 0 aliphatic rings. The molecule has 0 heterocycles. The standard InChI is InChI=1S/C18H19IN2O4/c1-4-25-17-9-12(5-8-15(17)23-2)11-20-21-18(22)13-6-7-14(19)16(10-13)24-3/h5-11H,4H2,1-3H3,(H,21,22)/b20-11-. The van der Waals surface area contributed by atoms with E-state index in [1.165, 1.54) is 0 Å². The van der Waals surface area contributed by atoms with Gasteiger partial charge in [0.1, 0.15) is 5.75 Å². The molecule has 1 amide bonds. The fraction of sp³-hybridized carbons (Fsp3) is 0.222. The van der Waals surface area contributed by atoms with Crippen molar-refractivity contribution in [3.63, 3.8) is 0 Å². The largest absolute Gasteiger partial charge is 0.496 e. The molecule has 0 atom stereocenters. The number of hydrogen-bond donors (Lipinski definition) is 1. The van der Waals surface area contributed by atoms with Crippen LogP contribution in [0, 0.1) is 3.57 Å². The summed E-state index contributed by atoms with van der Waals surface area (Å²) in [6.45, 7) is 2.43. The van der Waals surface area contributed by atoms with Crippen molar-refractivity contribution in [1.82, 2.24) is 5.43 Å². The lowest BCUT2D eigenvalue weighted by Gasteiger charge is -2.09. The molecule has 0 radical (unpaired) electrons. The van der Waals surface area contributed by atoms with E-state index < -0.39 is 0 Å². The van der Waals surface area contributed by atoms with Gasteiger partial charge in [-0.05, 0) is 71.5 Å². The van der Waals surface area contributed by atoms with Crippen LogP contribution >= 0.6 is 22.6 Å². The number of ether oxygens (including phenoxy) is 3. The minimum Gasteiger partial charge on any atom is -0.496 e. The van der Waals surface area contributed by atoms with E-state index in [1.54, 1.807) is 44.7 Å². The lowest BCUT2D eigenvalue weighted by molar-refractivity contribution is 0.0954. The molecule has 6 nitrogen and oxygen atoms in total. The Labute approximate surface area is 160 Å². The minimum absolute atomic E-state index is 0.315. The molecule has 0 unspecified atom stereocenters. The van der Waals surface area contributed by atoms with Crippen molar-refractivity contribution in [2.24, 2.45) is 5.10 Å². The molecule has 0 saturated carbocycles. The summed E-state index contributed by atoms with van der Waals surface area (Å²) >= 11 is 2.14. The Hall–Kier alpha value is -2.29. The van der Waals surface area contributed by atoms with Crippen LogP contribution in [0.2, 0.25) is 0 Å². The molecule has 0 aliphatic carbocycles. The molecule has 25 heavy (non-hydrogen) atoms. The zero-order valence-corrected chi connectivity index (χ0v) is 16.4. The highest BCUT2D eigenvalue weighted by atomic mass is 127. The maximum atomic E-state index is 12.2. The number of amides is 1. The molecular formula is C18H19IN2O4. The Morgan fingerprint density at radius 2 is 1.88 bits per heavy atom. The van der Waals surface area contributed by atoms with Gasteiger partial charge in [0.15, 0.2) is 11.5 Å². The van der Waals surface area contributed by atoms with Crippen molar-refractivity contribution in [3.05, 3.63) is 51.1 Å². The molecule has 0 bridgehead atoms. The lowest BCUT2D eigenvalue weighted by Crippen LogP contribution is -2.17. The predicted octanol–water partition coefficient (Wildman–Crippen LogP) is 3.47. The average Bonchev–Trinajstić information content (AvgIpc) is 2.62. The van der Waals surface area contributed by atoms with Crippen molar-refractivity contribution in [2.45, 2.75) is 6.92 Å². The van der Waals surface area contributed by atoms with Crippen LogP contribution in [-0.2, 0) is 0 Å². The fourth-order valence-electron chi connectivity index (χ4n) is 2.07. The van der Waals surface area contributed by atoms with Crippen LogP contribution in [-0.4, -0.2) is 32.9 Å². The average molecular weight is 454 g/mol. The van der Waals surface area contributed by atoms with E-state index in [2.05, 4.69) is 33.1 Å². The first kappa shape index (κ1) is 19.0. The van der Waals surface area contributed by atoms with E-state index in [9.17, 15) is 4.79 Å². The first-order valence-electron chi connectivity index (χ1n) is 7.56. The second-order valence-electron chi connectivity index (χ2n) is 4.89. The molecular weight excluding hydrogens is 435 g/mol. The van der Waals surface area contributed by atoms with Gasteiger partial charge in [-0.1, -0.05) is 0 Å². The summed E-state index contributed by atoms with van der Waals surface area (Å²) in [7, 11) is 3.15. The Morgan fingerprint density at radius 1 is 1.12 bits per heavy atom. The highest BCUT2D eigenvalue weighted by Crippen LogP contribution is 2.27. The van der Waals surface area contributed by atoms with E-state index in [0.717, 1.165) is 9.13 Å². The Balaban J connectivity index is 2.07. The monoisotopic (exact) mass is 454 g/mol. The third-order valence-electron chi connectivity index (χ3n) is 3.28. The number of hydrogen-bond acceptors (Lipinski definition) is 5. The maximum absolute atomic E-state index is 12.2. The van der Waals surface area contributed by atoms with Crippen LogP contribution in [0.3, 0.4) is 0 Å². The summed E-state index contributed by atoms with van der Waals surface area (Å²) in [6, 6.07) is 10.6. The molecule has 2 aromatic rings. The smallest absolute Gasteiger partial charge is 0.271 e. The SMILES string of the molecule is CCOc1cc(/C=N\NC(=O)c2ccc(I)c(OC)c2)ccc1OC. The molecule has 132 valence electrons. The molecule has 2 aromatic carbocycles. The Morgan fingerprint density at radius 3 is 2.56 bits per heavy atom. The van der Waals surface area contributed by atoms with Crippen molar-refractivity contribution < 1.29 is 19.0 Å². The number of nitrogens with zero attached hydrogens (tertiary/aromatic N) is 1. The molecule has 2 rings (SSSR count). The van der Waals surface area contributed by atoms with Gasteiger partial charge in [0.2, 0.25) is 0 Å². The number of methoxy groups -OCH3 is 2. The lowest BCUT2D eigenvalue weighted by atomic mass is 10.2. The molecule has 0 aliphatic heterocycles. The van der Waals surface area contributed by atoms with E-state index in [4.69, 9.17) is 14.2 Å². The summed E-state index contributed by atoms with van der Waals surface area (Å²) in [6.07, 6.45) is 1.55. The van der Waals surface area contributed by atoms with Gasteiger partial charge < -0.3 is 14.2 Å². The van der Waals surface area contributed by atoms with Crippen molar-refractivity contribution in [3.8, 4) is 17.2 Å². The van der Waals surface area contributed by atoms with Gasteiger partial charge >= 0.3 is 0 Å². The summed E-state index contributed by atoms with van der Waals surface area (Å²) in [5.41, 5.74) is 3.75. The van der Waals surface area contributed by atoms with E-state index >= 15 is 0 Å². The van der Waals surface area contributed by atoms with Gasteiger partial charge in [0, 0.05) is 5.56 Å². The minimum atomic E-state index is -0.315. The highest BCUT2D eigenvalue weighted by Gasteiger charge is 2.08. The molecule has 0 aromatic heterocycles. The first-order chi connectivity index (χ1) is 12.1. The van der Waals surface area contributed by atoms with Crippen molar-refractivity contribution >= 4 is 34.7 Å². The Bertz CT molecular complexity index is 778. The summed E-state index contributed by atoms with van der Waals surface area (Å²) in [5, 5.41) is 3.99. The molecule has 1 N–H and O–H groups in total. The number of carbonyl (C=O) groups excluding carboxylic acids is 1.